The fraction of sp³-hybridized carbons (Fsp3) is 0.278. The Morgan fingerprint density at radius 2 is 1.61 bits per heavy atom. The predicted octanol–water partition coefficient (Wildman–Crippen LogP) is 1.68. The summed E-state index contributed by atoms with van der Waals surface area (Å²) in [6, 6.07) is 9.71. The third-order valence-electron chi connectivity index (χ3n) is 4.58. The Labute approximate surface area is 164 Å². The van der Waals surface area contributed by atoms with Crippen molar-refractivity contribution in [3.05, 3.63) is 53.6 Å². The van der Waals surface area contributed by atoms with Gasteiger partial charge in [-0.1, -0.05) is 18.2 Å². The molecule has 0 aliphatic carbocycles. The number of likely N-dealkylation sites (tertiary alicyclic amines) is 1. The van der Waals surface area contributed by atoms with Crippen molar-refractivity contribution < 1.29 is 21.6 Å². The quantitative estimate of drug-likeness (QED) is 0.756. The first-order valence-electron chi connectivity index (χ1n) is 8.64. The van der Waals surface area contributed by atoms with E-state index >= 15 is 0 Å². The van der Waals surface area contributed by atoms with Gasteiger partial charge in [-0.25, -0.2) is 22.0 Å². The van der Waals surface area contributed by atoms with Gasteiger partial charge >= 0.3 is 0 Å². The molecule has 1 aliphatic heterocycles. The molecule has 0 atom stereocenters. The first kappa shape index (κ1) is 20.3. The van der Waals surface area contributed by atoms with Crippen LogP contribution in [0.1, 0.15) is 28.8 Å². The van der Waals surface area contributed by atoms with Crippen LogP contribution in [0.25, 0.3) is 0 Å². The fourth-order valence-electron chi connectivity index (χ4n) is 3.08. The molecular formula is C18H21N3O5S2. The highest BCUT2D eigenvalue weighted by Gasteiger charge is 2.25. The molecule has 10 heteroatoms. The highest BCUT2D eigenvalue weighted by molar-refractivity contribution is 7.93. The van der Waals surface area contributed by atoms with Gasteiger partial charge in [-0.2, -0.15) is 0 Å². The van der Waals surface area contributed by atoms with Crippen molar-refractivity contribution in [3.8, 4) is 0 Å². The number of nitrogens with one attached hydrogen (secondary N) is 1. The molecule has 8 nitrogen and oxygen atoms in total. The van der Waals surface area contributed by atoms with Gasteiger partial charge < -0.3 is 4.90 Å². The predicted molar refractivity (Wildman–Crippen MR) is 105 cm³/mol. The lowest BCUT2D eigenvalue weighted by atomic mass is 10.1. The second-order valence-electron chi connectivity index (χ2n) is 6.62. The van der Waals surface area contributed by atoms with Crippen LogP contribution in [0.15, 0.2) is 52.3 Å². The lowest BCUT2D eigenvalue weighted by molar-refractivity contribution is 0.0794. The van der Waals surface area contributed by atoms with Gasteiger partial charge in [0, 0.05) is 13.1 Å². The number of hydrogen-bond donors (Lipinski definition) is 2. The molecule has 0 radical (unpaired) electrons. The summed E-state index contributed by atoms with van der Waals surface area (Å²) in [6.45, 7) is 2.96. The number of nitrogens with zero attached hydrogens (tertiary/aromatic N) is 1. The van der Waals surface area contributed by atoms with Crippen molar-refractivity contribution in [2.24, 2.45) is 5.14 Å². The summed E-state index contributed by atoms with van der Waals surface area (Å²) in [5.74, 6) is -0.239. The number of carbonyl (C=O) groups excluding carboxylic acids is 1. The molecule has 1 amide bonds. The molecule has 3 rings (SSSR count). The zero-order chi connectivity index (χ0) is 20.5. The third kappa shape index (κ3) is 4.18. The van der Waals surface area contributed by atoms with Gasteiger partial charge in [0.1, 0.15) is 0 Å². The van der Waals surface area contributed by atoms with Crippen molar-refractivity contribution in [2.45, 2.75) is 29.6 Å². The Morgan fingerprint density at radius 3 is 2.25 bits per heavy atom. The van der Waals surface area contributed by atoms with Crippen molar-refractivity contribution >= 4 is 31.6 Å². The molecule has 28 heavy (non-hydrogen) atoms. The fourth-order valence-corrected chi connectivity index (χ4v) is 4.92. The molecule has 3 N–H and O–H groups in total. The maximum absolute atomic E-state index is 12.9. The number of aryl methyl sites for hydroxylation is 1. The maximum atomic E-state index is 12.9. The second kappa shape index (κ2) is 7.53. The van der Waals surface area contributed by atoms with E-state index in [0.717, 1.165) is 18.9 Å². The van der Waals surface area contributed by atoms with Crippen molar-refractivity contribution in [1.82, 2.24) is 4.90 Å². The lowest BCUT2D eigenvalue weighted by Gasteiger charge is -2.20. The Morgan fingerprint density at radius 1 is 1.00 bits per heavy atom. The molecule has 2 aromatic rings. The summed E-state index contributed by atoms with van der Waals surface area (Å²) < 4.78 is 51.2. The van der Waals surface area contributed by atoms with E-state index in [2.05, 4.69) is 4.72 Å². The number of sulfonamides is 2. The minimum absolute atomic E-state index is 0.181. The molecule has 0 aromatic heterocycles. The Kier molecular flexibility index (Phi) is 5.46. The molecule has 2 aromatic carbocycles. The number of rotatable bonds is 5. The van der Waals surface area contributed by atoms with Crippen molar-refractivity contribution in [3.63, 3.8) is 0 Å². The van der Waals surface area contributed by atoms with Crippen LogP contribution in [-0.4, -0.2) is 40.7 Å². The molecule has 1 fully saturated rings. The summed E-state index contributed by atoms with van der Waals surface area (Å²) in [5.41, 5.74) is 1.02. The Bertz CT molecular complexity index is 1120. The van der Waals surface area contributed by atoms with E-state index in [0.29, 0.717) is 18.7 Å². The zero-order valence-corrected chi connectivity index (χ0v) is 16.9. The summed E-state index contributed by atoms with van der Waals surface area (Å²) in [6.07, 6.45) is 1.83. The van der Waals surface area contributed by atoms with Gasteiger partial charge in [0.05, 0.1) is 21.0 Å². The van der Waals surface area contributed by atoms with Crippen LogP contribution < -0.4 is 9.86 Å². The van der Waals surface area contributed by atoms with E-state index in [4.69, 9.17) is 5.14 Å². The summed E-state index contributed by atoms with van der Waals surface area (Å²) in [7, 11) is -8.19. The topological polar surface area (TPSA) is 127 Å². The van der Waals surface area contributed by atoms with Gasteiger partial charge in [0.25, 0.3) is 15.9 Å². The second-order valence-corrected chi connectivity index (χ2v) is 9.87. The monoisotopic (exact) mass is 423 g/mol. The molecule has 1 heterocycles. The molecule has 0 spiro atoms. The average molecular weight is 424 g/mol. The summed E-state index contributed by atoms with van der Waals surface area (Å²) in [5, 5.41) is 5.09. The van der Waals surface area contributed by atoms with Crippen LogP contribution in [0.2, 0.25) is 0 Å². The molecular weight excluding hydrogens is 402 g/mol. The SMILES string of the molecule is Cc1cccc(C(=O)N2CCCC2)c1NS(=O)(=O)c1cccc(S(N)(=O)=O)c1. The molecule has 1 saturated heterocycles. The van der Waals surface area contributed by atoms with Crippen LogP contribution in [0, 0.1) is 6.92 Å². The van der Waals surface area contributed by atoms with E-state index in [1.807, 2.05) is 0 Å². The van der Waals surface area contributed by atoms with Crippen LogP contribution in [0.3, 0.4) is 0 Å². The van der Waals surface area contributed by atoms with E-state index in [1.54, 1.807) is 30.0 Å². The van der Waals surface area contributed by atoms with E-state index < -0.39 is 20.0 Å². The number of benzene rings is 2. The molecule has 1 aliphatic rings. The number of amides is 1. The maximum Gasteiger partial charge on any atom is 0.261 e. The van der Waals surface area contributed by atoms with Gasteiger partial charge in [-0.05, 0) is 49.6 Å². The standard InChI is InChI=1S/C18H21N3O5S2/c1-13-6-4-9-16(18(22)21-10-2-3-11-21)17(13)20-28(25,26)15-8-5-7-14(12-15)27(19,23)24/h4-9,12,20H,2-3,10-11H2,1H3,(H2,19,23,24). The van der Waals surface area contributed by atoms with Gasteiger partial charge in [-0.3, -0.25) is 9.52 Å². The zero-order valence-electron chi connectivity index (χ0n) is 15.3. The van der Waals surface area contributed by atoms with Crippen LogP contribution in [0.5, 0.6) is 0 Å². The highest BCUT2D eigenvalue weighted by atomic mass is 32.2. The molecule has 0 unspecified atom stereocenters. The third-order valence-corrected chi connectivity index (χ3v) is 6.84. The Hall–Kier alpha value is -2.43. The molecule has 0 saturated carbocycles. The van der Waals surface area contributed by atoms with E-state index in [-0.39, 0.29) is 26.9 Å². The Balaban J connectivity index is 2.00. The first-order valence-corrected chi connectivity index (χ1v) is 11.7. The lowest BCUT2D eigenvalue weighted by Crippen LogP contribution is -2.29. The van der Waals surface area contributed by atoms with Crippen molar-refractivity contribution in [1.29, 1.82) is 0 Å². The summed E-state index contributed by atoms with van der Waals surface area (Å²) >= 11 is 0. The minimum Gasteiger partial charge on any atom is -0.339 e. The van der Waals surface area contributed by atoms with Gasteiger partial charge in [0.15, 0.2) is 0 Å². The first-order chi connectivity index (χ1) is 13.1. The number of nitrogens with two attached hydrogens (primary N) is 1. The van der Waals surface area contributed by atoms with Crippen LogP contribution in [-0.2, 0) is 20.0 Å². The number of primary sulfonamides is 1. The van der Waals surface area contributed by atoms with Gasteiger partial charge in [0.2, 0.25) is 10.0 Å². The van der Waals surface area contributed by atoms with E-state index in [1.165, 1.54) is 18.2 Å². The summed E-state index contributed by atoms with van der Waals surface area (Å²) in [4.78, 5) is 13.9. The average Bonchev–Trinajstić information content (AvgIpc) is 3.17. The number of carbonyl (C=O) groups is 1. The van der Waals surface area contributed by atoms with E-state index in [9.17, 15) is 21.6 Å². The van der Waals surface area contributed by atoms with Gasteiger partial charge in [-0.15, -0.1) is 0 Å². The van der Waals surface area contributed by atoms with Crippen LogP contribution >= 0.6 is 0 Å². The largest absolute Gasteiger partial charge is 0.339 e. The smallest absolute Gasteiger partial charge is 0.261 e. The number of hydrogen-bond acceptors (Lipinski definition) is 5. The molecule has 150 valence electrons. The minimum atomic E-state index is -4.14. The van der Waals surface area contributed by atoms with Crippen molar-refractivity contribution in [2.75, 3.05) is 17.8 Å². The normalized spacial score (nSPS) is 14.9. The number of anilines is 1. The number of para-hydroxylation sites is 1. The highest BCUT2D eigenvalue weighted by Crippen LogP contribution is 2.27. The van der Waals surface area contributed by atoms with Crippen LogP contribution in [0.4, 0.5) is 5.69 Å². The molecule has 0 bridgehead atoms.